The van der Waals surface area contributed by atoms with Crippen LogP contribution < -0.4 is 4.74 Å². The molecule has 0 atom stereocenters. The Morgan fingerprint density at radius 3 is 2.67 bits per heavy atom. The Morgan fingerprint density at radius 2 is 2.00 bits per heavy atom. The second-order valence-electron chi connectivity index (χ2n) is 2.86. The molecule has 78 valence electrons. The summed E-state index contributed by atoms with van der Waals surface area (Å²) in [5.74, 6) is 0.900. The molecule has 0 saturated carbocycles. The first-order valence-electron chi connectivity index (χ1n) is 4.50. The van der Waals surface area contributed by atoms with Crippen LogP contribution in [-0.4, -0.2) is 16.8 Å². The molecule has 2 aromatic rings. The zero-order valence-corrected chi connectivity index (χ0v) is 10.9. The summed E-state index contributed by atoms with van der Waals surface area (Å²) < 4.78 is 6.53. The highest BCUT2D eigenvalue weighted by Crippen LogP contribution is 2.13. The third-order valence-corrected chi connectivity index (χ3v) is 3.42. The Morgan fingerprint density at radius 1 is 1.20 bits per heavy atom. The second-order valence-corrected chi connectivity index (χ2v) is 5.68. The van der Waals surface area contributed by atoms with Crippen LogP contribution in [0.1, 0.15) is 5.01 Å². The number of hydrogen-bond acceptors (Lipinski definition) is 4. The molecule has 0 bridgehead atoms. The zero-order valence-electron chi connectivity index (χ0n) is 7.89. The Bertz CT molecular complexity index is 418. The van der Waals surface area contributed by atoms with Crippen LogP contribution in [0.5, 0.6) is 5.75 Å². The summed E-state index contributed by atoms with van der Waals surface area (Å²) in [5, 5.41) is 8.99. The summed E-state index contributed by atoms with van der Waals surface area (Å²) >= 11 is 3.78. The molecule has 0 fully saturated rings. The summed E-state index contributed by atoms with van der Waals surface area (Å²) in [6, 6.07) is 9.79. The summed E-state index contributed by atoms with van der Waals surface area (Å²) in [7, 11) is 0. The van der Waals surface area contributed by atoms with Crippen molar-refractivity contribution in [3.8, 4) is 5.75 Å². The molecule has 5 heteroatoms. The maximum Gasteiger partial charge on any atom is 0.178 e. The quantitative estimate of drug-likeness (QED) is 0.808. The van der Waals surface area contributed by atoms with E-state index in [0.717, 1.165) is 20.2 Å². The molecule has 2 rings (SSSR count). The molecule has 0 amide bonds. The second kappa shape index (κ2) is 5.41. The lowest BCUT2D eigenvalue weighted by molar-refractivity contribution is 0.321. The highest BCUT2D eigenvalue weighted by atomic mass is 127. The highest BCUT2D eigenvalue weighted by molar-refractivity contribution is 14.1. The van der Waals surface area contributed by atoms with Crippen molar-refractivity contribution >= 4 is 33.9 Å². The van der Waals surface area contributed by atoms with Crippen molar-refractivity contribution in [1.82, 2.24) is 10.2 Å². The van der Waals surface area contributed by atoms with Crippen LogP contribution in [0.4, 0.5) is 0 Å². The highest BCUT2D eigenvalue weighted by Gasteiger charge is 2.01. The lowest BCUT2D eigenvalue weighted by Gasteiger charge is -2.03. The van der Waals surface area contributed by atoms with Crippen LogP contribution >= 0.6 is 33.9 Å². The van der Waals surface area contributed by atoms with Crippen molar-refractivity contribution in [2.45, 2.75) is 6.42 Å². The van der Waals surface area contributed by atoms with Crippen LogP contribution in [0.2, 0.25) is 0 Å². The van der Waals surface area contributed by atoms with Crippen LogP contribution in [0.3, 0.4) is 0 Å². The van der Waals surface area contributed by atoms with Gasteiger partial charge in [-0.25, -0.2) is 0 Å². The van der Waals surface area contributed by atoms with Gasteiger partial charge < -0.3 is 4.74 Å². The van der Waals surface area contributed by atoms with E-state index in [1.807, 2.05) is 30.3 Å². The molecule has 1 aromatic heterocycles. The minimum atomic E-state index is 0.648. The summed E-state index contributed by atoms with van der Waals surface area (Å²) in [6.45, 7) is 0.648. The van der Waals surface area contributed by atoms with Gasteiger partial charge in [0, 0.05) is 6.42 Å². The summed E-state index contributed by atoms with van der Waals surface area (Å²) in [4.78, 5) is 0. The van der Waals surface area contributed by atoms with Gasteiger partial charge >= 0.3 is 0 Å². The number of para-hydroxylation sites is 1. The molecular weight excluding hydrogens is 323 g/mol. The topological polar surface area (TPSA) is 35.0 Å². The molecule has 0 saturated heterocycles. The Kier molecular flexibility index (Phi) is 3.90. The van der Waals surface area contributed by atoms with E-state index < -0.39 is 0 Å². The lowest BCUT2D eigenvalue weighted by atomic mass is 10.3. The number of aromatic nitrogens is 2. The molecule has 0 unspecified atom stereocenters. The fourth-order valence-corrected chi connectivity index (χ4v) is 2.52. The first kappa shape index (κ1) is 10.8. The molecule has 0 aliphatic heterocycles. The molecule has 0 radical (unpaired) electrons. The van der Waals surface area contributed by atoms with Gasteiger partial charge in [0.2, 0.25) is 0 Å². The van der Waals surface area contributed by atoms with Gasteiger partial charge in [0.15, 0.2) is 3.01 Å². The average molecular weight is 332 g/mol. The van der Waals surface area contributed by atoms with Crippen LogP contribution in [0.15, 0.2) is 30.3 Å². The van der Waals surface area contributed by atoms with Crippen LogP contribution in [0.25, 0.3) is 0 Å². The minimum Gasteiger partial charge on any atom is -0.493 e. The van der Waals surface area contributed by atoms with E-state index in [-0.39, 0.29) is 0 Å². The van der Waals surface area contributed by atoms with Gasteiger partial charge in [-0.3, -0.25) is 0 Å². The number of ether oxygens (including phenoxy) is 1. The fourth-order valence-electron chi connectivity index (χ4n) is 1.11. The van der Waals surface area contributed by atoms with E-state index in [0.29, 0.717) is 6.61 Å². The fraction of sp³-hybridized carbons (Fsp3) is 0.200. The third kappa shape index (κ3) is 3.42. The first-order chi connectivity index (χ1) is 7.34. The third-order valence-electron chi connectivity index (χ3n) is 1.77. The van der Waals surface area contributed by atoms with Crippen molar-refractivity contribution in [2.24, 2.45) is 0 Å². The van der Waals surface area contributed by atoms with Crippen molar-refractivity contribution in [1.29, 1.82) is 0 Å². The molecule has 1 aromatic carbocycles. The number of rotatable bonds is 4. The van der Waals surface area contributed by atoms with Crippen LogP contribution in [-0.2, 0) is 6.42 Å². The van der Waals surface area contributed by atoms with Crippen LogP contribution in [0, 0.1) is 3.01 Å². The van der Waals surface area contributed by atoms with Gasteiger partial charge in [-0.1, -0.05) is 29.5 Å². The predicted octanol–water partition coefficient (Wildman–Crippen LogP) is 2.76. The number of nitrogens with zero attached hydrogens (tertiary/aromatic N) is 2. The Hall–Kier alpha value is -0.690. The molecule has 0 aliphatic rings. The van der Waals surface area contributed by atoms with Crippen molar-refractivity contribution < 1.29 is 4.74 Å². The molecule has 3 nitrogen and oxygen atoms in total. The molecule has 1 heterocycles. The van der Waals surface area contributed by atoms with Gasteiger partial charge in [-0.2, -0.15) is 0 Å². The standard InChI is InChI=1S/C10H9IN2OS/c11-10-13-12-9(15-10)6-7-14-8-4-2-1-3-5-8/h1-5H,6-7H2. The molecule has 0 spiro atoms. The predicted molar refractivity (Wildman–Crippen MR) is 68.3 cm³/mol. The maximum atomic E-state index is 5.56. The largest absolute Gasteiger partial charge is 0.493 e. The smallest absolute Gasteiger partial charge is 0.178 e. The van der Waals surface area contributed by atoms with E-state index in [9.17, 15) is 0 Å². The van der Waals surface area contributed by atoms with E-state index in [1.165, 1.54) is 0 Å². The molecule has 0 N–H and O–H groups in total. The Balaban J connectivity index is 1.80. The van der Waals surface area contributed by atoms with Crippen molar-refractivity contribution in [3.05, 3.63) is 38.4 Å². The number of halogens is 1. The van der Waals surface area contributed by atoms with E-state index in [2.05, 4.69) is 32.8 Å². The zero-order chi connectivity index (χ0) is 10.5. The molecular formula is C10H9IN2OS. The van der Waals surface area contributed by atoms with Gasteiger partial charge in [0.1, 0.15) is 10.8 Å². The number of benzene rings is 1. The summed E-state index contributed by atoms with van der Waals surface area (Å²) in [5.41, 5.74) is 0. The van der Waals surface area contributed by atoms with Crippen molar-refractivity contribution in [3.63, 3.8) is 0 Å². The monoisotopic (exact) mass is 332 g/mol. The lowest BCUT2D eigenvalue weighted by Crippen LogP contribution is -2.00. The van der Waals surface area contributed by atoms with Gasteiger partial charge in [-0.15, -0.1) is 10.2 Å². The Labute approximate surface area is 106 Å². The van der Waals surface area contributed by atoms with E-state index >= 15 is 0 Å². The number of hydrogen-bond donors (Lipinski definition) is 0. The van der Waals surface area contributed by atoms with E-state index in [1.54, 1.807) is 11.3 Å². The van der Waals surface area contributed by atoms with Gasteiger partial charge in [0.25, 0.3) is 0 Å². The normalized spacial score (nSPS) is 10.2. The van der Waals surface area contributed by atoms with Gasteiger partial charge in [0.05, 0.1) is 6.61 Å². The van der Waals surface area contributed by atoms with Crippen molar-refractivity contribution in [2.75, 3.05) is 6.61 Å². The van der Waals surface area contributed by atoms with E-state index in [4.69, 9.17) is 4.74 Å². The first-order valence-corrected chi connectivity index (χ1v) is 6.40. The minimum absolute atomic E-state index is 0.648. The average Bonchev–Trinajstić information content (AvgIpc) is 2.66. The maximum absolute atomic E-state index is 5.56. The SMILES string of the molecule is Ic1nnc(CCOc2ccccc2)s1. The summed E-state index contributed by atoms with van der Waals surface area (Å²) in [6.07, 6.45) is 0.815. The molecule has 15 heavy (non-hydrogen) atoms. The van der Waals surface area contributed by atoms with Gasteiger partial charge in [-0.05, 0) is 34.7 Å². The molecule has 0 aliphatic carbocycles.